The lowest BCUT2D eigenvalue weighted by atomic mass is 10.1. The van der Waals surface area contributed by atoms with Gasteiger partial charge >= 0.3 is 0 Å². The molecule has 3 aliphatic heterocycles. The van der Waals surface area contributed by atoms with E-state index in [2.05, 4.69) is 10.2 Å². The monoisotopic (exact) mass is 303 g/mol. The van der Waals surface area contributed by atoms with Crippen molar-refractivity contribution in [1.29, 1.82) is 0 Å². The van der Waals surface area contributed by atoms with Crippen LogP contribution in [0.5, 0.6) is 0 Å². The van der Waals surface area contributed by atoms with Crippen molar-refractivity contribution in [3.8, 4) is 0 Å². The smallest absolute Gasteiger partial charge is 0.225 e. The molecule has 20 heavy (non-hydrogen) atoms. The van der Waals surface area contributed by atoms with Crippen molar-refractivity contribution < 1.29 is 9.53 Å². The highest BCUT2D eigenvalue weighted by Gasteiger charge is 2.29. The fourth-order valence-electron chi connectivity index (χ4n) is 3.42. The fourth-order valence-corrected chi connectivity index (χ4v) is 3.42. The summed E-state index contributed by atoms with van der Waals surface area (Å²) < 4.78 is 5.55. The van der Waals surface area contributed by atoms with Crippen LogP contribution in [0, 0.1) is 0 Å². The molecule has 3 fully saturated rings. The standard InChI is InChI=1S/C14H25N3O2.ClH/c18-14(10-13-2-1-9-19-13)17-7-5-16(6-8-17)12-3-4-15-11-12;/h12-13,15H,1-11H2;1H. The summed E-state index contributed by atoms with van der Waals surface area (Å²) in [6, 6.07) is 0.690. The predicted octanol–water partition coefficient (Wildman–Crippen LogP) is 0.483. The minimum absolute atomic E-state index is 0. The lowest BCUT2D eigenvalue weighted by Crippen LogP contribution is -2.52. The second-order valence-corrected chi connectivity index (χ2v) is 5.90. The van der Waals surface area contributed by atoms with E-state index in [1.54, 1.807) is 0 Å². The average Bonchev–Trinajstić information content (AvgIpc) is 3.12. The Labute approximate surface area is 127 Å². The Kier molecular flexibility index (Phi) is 6.08. The van der Waals surface area contributed by atoms with Crippen LogP contribution in [0.4, 0.5) is 0 Å². The highest BCUT2D eigenvalue weighted by molar-refractivity contribution is 5.85. The topological polar surface area (TPSA) is 44.8 Å². The number of nitrogens with one attached hydrogen (secondary N) is 1. The van der Waals surface area contributed by atoms with Gasteiger partial charge < -0.3 is 15.0 Å². The number of halogens is 1. The molecule has 0 aromatic carbocycles. The minimum atomic E-state index is 0. The molecule has 2 unspecified atom stereocenters. The third kappa shape index (κ3) is 3.85. The Morgan fingerprint density at radius 3 is 2.60 bits per heavy atom. The number of hydrogen-bond acceptors (Lipinski definition) is 4. The number of carbonyl (C=O) groups is 1. The number of rotatable bonds is 3. The number of nitrogens with zero attached hydrogens (tertiary/aromatic N) is 2. The summed E-state index contributed by atoms with van der Waals surface area (Å²) in [5.41, 5.74) is 0. The lowest BCUT2D eigenvalue weighted by Gasteiger charge is -2.38. The van der Waals surface area contributed by atoms with Gasteiger partial charge in [0.05, 0.1) is 12.5 Å². The van der Waals surface area contributed by atoms with Crippen molar-refractivity contribution in [2.75, 3.05) is 45.9 Å². The molecule has 0 bridgehead atoms. The second-order valence-electron chi connectivity index (χ2n) is 5.90. The molecule has 3 rings (SSSR count). The first-order valence-corrected chi connectivity index (χ1v) is 7.67. The quantitative estimate of drug-likeness (QED) is 0.824. The molecule has 5 nitrogen and oxygen atoms in total. The van der Waals surface area contributed by atoms with Crippen LogP contribution in [0.3, 0.4) is 0 Å². The maximum atomic E-state index is 12.2. The first-order chi connectivity index (χ1) is 9.33. The minimum Gasteiger partial charge on any atom is -0.378 e. The van der Waals surface area contributed by atoms with Gasteiger partial charge in [0.25, 0.3) is 0 Å². The summed E-state index contributed by atoms with van der Waals surface area (Å²) in [5.74, 6) is 0.288. The average molecular weight is 304 g/mol. The summed E-state index contributed by atoms with van der Waals surface area (Å²) in [7, 11) is 0. The van der Waals surface area contributed by atoms with Gasteiger partial charge in [-0.3, -0.25) is 9.69 Å². The van der Waals surface area contributed by atoms with Gasteiger partial charge in [-0.1, -0.05) is 0 Å². The zero-order valence-electron chi connectivity index (χ0n) is 12.1. The van der Waals surface area contributed by atoms with Gasteiger partial charge in [-0.2, -0.15) is 0 Å². The molecular formula is C14H26ClN3O2. The molecule has 6 heteroatoms. The van der Waals surface area contributed by atoms with Crippen molar-refractivity contribution in [2.24, 2.45) is 0 Å². The zero-order chi connectivity index (χ0) is 13.1. The molecule has 0 saturated carbocycles. The van der Waals surface area contributed by atoms with Crippen molar-refractivity contribution in [2.45, 2.75) is 37.8 Å². The number of piperazine rings is 1. The second kappa shape index (κ2) is 7.59. The van der Waals surface area contributed by atoms with Gasteiger partial charge in [0.2, 0.25) is 5.91 Å². The van der Waals surface area contributed by atoms with Crippen LogP contribution in [0.2, 0.25) is 0 Å². The zero-order valence-corrected chi connectivity index (χ0v) is 12.9. The normalized spacial score (nSPS) is 31.3. The predicted molar refractivity (Wildman–Crippen MR) is 80.3 cm³/mol. The largest absolute Gasteiger partial charge is 0.378 e. The van der Waals surface area contributed by atoms with Crippen LogP contribution >= 0.6 is 12.4 Å². The molecule has 116 valence electrons. The first kappa shape index (κ1) is 16.0. The van der Waals surface area contributed by atoms with E-state index < -0.39 is 0 Å². The van der Waals surface area contributed by atoms with E-state index in [-0.39, 0.29) is 24.4 Å². The van der Waals surface area contributed by atoms with E-state index in [0.29, 0.717) is 12.5 Å². The van der Waals surface area contributed by atoms with Crippen molar-refractivity contribution in [3.05, 3.63) is 0 Å². The molecular weight excluding hydrogens is 278 g/mol. The molecule has 1 amide bonds. The lowest BCUT2D eigenvalue weighted by molar-refractivity contribution is -0.135. The Balaban J connectivity index is 0.00000147. The van der Waals surface area contributed by atoms with Crippen LogP contribution in [0.25, 0.3) is 0 Å². The van der Waals surface area contributed by atoms with Gasteiger partial charge in [-0.05, 0) is 25.8 Å². The van der Waals surface area contributed by atoms with E-state index in [0.717, 1.165) is 58.7 Å². The number of carbonyl (C=O) groups excluding carboxylic acids is 1. The number of amides is 1. The molecule has 0 aliphatic carbocycles. The molecule has 0 aromatic heterocycles. The molecule has 0 radical (unpaired) electrons. The van der Waals surface area contributed by atoms with E-state index in [1.807, 2.05) is 4.90 Å². The highest BCUT2D eigenvalue weighted by atomic mass is 35.5. The highest BCUT2D eigenvalue weighted by Crippen LogP contribution is 2.18. The molecule has 2 atom stereocenters. The van der Waals surface area contributed by atoms with Crippen LogP contribution in [-0.4, -0.2) is 73.7 Å². The fraction of sp³-hybridized carbons (Fsp3) is 0.929. The summed E-state index contributed by atoms with van der Waals surface area (Å²) in [4.78, 5) is 16.8. The maximum Gasteiger partial charge on any atom is 0.225 e. The van der Waals surface area contributed by atoms with Gasteiger partial charge in [-0.15, -0.1) is 12.4 Å². The summed E-state index contributed by atoms with van der Waals surface area (Å²) in [5, 5.41) is 3.41. The molecule has 3 aliphatic rings. The Morgan fingerprint density at radius 2 is 2.00 bits per heavy atom. The van der Waals surface area contributed by atoms with Crippen molar-refractivity contribution in [3.63, 3.8) is 0 Å². The maximum absolute atomic E-state index is 12.2. The van der Waals surface area contributed by atoms with Crippen molar-refractivity contribution in [1.82, 2.24) is 15.1 Å². The number of hydrogen-bond donors (Lipinski definition) is 1. The first-order valence-electron chi connectivity index (χ1n) is 7.67. The van der Waals surface area contributed by atoms with Crippen molar-refractivity contribution >= 4 is 18.3 Å². The Hall–Kier alpha value is -0.360. The number of ether oxygens (including phenoxy) is 1. The Morgan fingerprint density at radius 1 is 1.20 bits per heavy atom. The third-order valence-corrected chi connectivity index (χ3v) is 4.64. The summed E-state index contributed by atoms with van der Waals surface area (Å²) in [6.07, 6.45) is 4.19. The molecule has 0 spiro atoms. The van der Waals surface area contributed by atoms with Crippen LogP contribution in [0.1, 0.15) is 25.7 Å². The van der Waals surface area contributed by atoms with E-state index in [9.17, 15) is 4.79 Å². The van der Waals surface area contributed by atoms with Crippen LogP contribution in [0.15, 0.2) is 0 Å². The van der Waals surface area contributed by atoms with Gasteiger partial charge in [-0.25, -0.2) is 0 Å². The molecule has 3 saturated heterocycles. The molecule has 3 heterocycles. The molecule has 0 aromatic rings. The van der Waals surface area contributed by atoms with Gasteiger partial charge in [0, 0.05) is 45.4 Å². The van der Waals surface area contributed by atoms with E-state index in [1.165, 1.54) is 6.42 Å². The Bertz CT molecular complexity index is 310. The van der Waals surface area contributed by atoms with Gasteiger partial charge in [0.15, 0.2) is 0 Å². The van der Waals surface area contributed by atoms with Crippen LogP contribution in [-0.2, 0) is 9.53 Å². The van der Waals surface area contributed by atoms with Crippen LogP contribution < -0.4 is 5.32 Å². The van der Waals surface area contributed by atoms with Gasteiger partial charge in [0.1, 0.15) is 0 Å². The SMILES string of the molecule is Cl.O=C(CC1CCCO1)N1CCN(C2CCNC2)CC1. The third-order valence-electron chi connectivity index (χ3n) is 4.64. The summed E-state index contributed by atoms with van der Waals surface area (Å²) >= 11 is 0. The van der Waals surface area contributed by atoms with E-state index >= 15 is 0 Å². The molecule has 1 N–H and O–H groups in total. The van der Waals surface area contributed by atoms with E-state index in [4.69, 9.17) is 4.74 Å². The summed E-state index contributed by atoms with van der Waals surface area (Å²) in [6.45, 7) is 6.93.